The van der Waals surface area contributed by atoms with Crippen LogP contribution in [0, 0.1) is 6.92 Å². The number of benzene rings is 1. The van der Waals surface area contributed by atoms with E-state index in [0.29, 0.717) is 24.2 Å². The molecule has 4 rings (SSSR count). The Morgan fingerprint density at radius 2 is 2.03 bits per heavy atom. The van der Waals surface area contributed by atoms with E-state index in [4.69, 9.17) is 4.74 Å². The summed E-state index contributed by atoms with van der Waals surface area (Å²) in [6.07, 6.45) is 3.48. The minimum Gasteiger partial charge on any atom is -0.507 e. The quantitative estimate of drug-likeness (QED) is 0.372. The molecule has 0 saturated heterocycles. The van der Waals surface area contributed by atoms with Crippen molar-refractivity contribution in [3.05, 3.63) is 92.1 Å². The van der Waals surface area contributed by atoms with Crippen molar-refractivity contribution in [1.82, 2.24) is 19.5 Å². The maximum Gasteiger partial charge on any atom is 0.306 e. The molecular weight excluding hydrogens is 424 g/mol. The molecule has 9 heteroatoms. The van der Waals surface area contributed by atoms with Crippen LogP contribution < -0.4 is 11.1 Å². The smallest absolute Gasteiger partial charge is 0.306 e. The van der Waals surface area contributed by atoms with Gasteiger partial charge in [0.05, 0.1) is 25.4 Å². The molecule has 33 heavy (non-hydrogen) atoms. The molecule has 0 amide bonds. The number of hydrogen-bond donors (Lipinski definition) is 3. The molecule has 9 nitrogen and oxygen atoms in total. The Labute approximate surface area is 188 Å². The zero-order valence-corrected chi connectivity index (χ0v) is 18.3. The lowest BCUT2D eigenvalue weighted by Gasteiger charge is -2.20. The number of para-hydroxylation sites is 1. The van der Waals surface area contributed by atoms with Gasteiger partial charge >= 0.3 is 5.97 Å². The number of hydrogen-bond acceptors (Lipinski definition) is 6. The van der Waals surface area contributed by atoms with E-state index in [2.05, 4.69) is 15.0 Å². The van der Waals surface area contributed by atoms with E-state index in [0.717, 1.165) is 11.1 Å². The second kappa shape index (κ2) is 9.15. The number of H-pyrrole nitrogens is 2. The van der Waals surface area contributed by atoms with E-state index >= 15 is 0 Å². The number of nitrogens with one attached hydrogen (secondary N) is 2. The summed E-state index contributed by atoms with van der Waals surface area (Å²) in [6, 6.07) is 10.3. The molecule has 0 spiro atoms. The van der Waals surface area contributed by atoms with Gasteiger partial charge in [0.2, 0.25) is 0 Å². The fourth-order valence-electron chi connectivity index (χ4n) is 4.07. The molecule has 0 bridgehead atoms. The Morgan fingerprint density at radius 3 is 2.76 bits per heavy atom. The average Bonchev–Trinajstić information content (AvgIpc) is 3.31. The van der Waals surface area contributed by atoms with Gasteiger partial charge in [-0.05, 0) is 30.5 Å². The topological polar surface area (TPSA) is 130 Å². The van der Waals surface area contributed by atoms with Crippen molar-refractivity contribution in [2.45, 2.75) is 32.2 Å². The van der Waals surface area contributed by atoms with Crippen LogP contribution in [0.5, 0.6) is 5.75 Å². The molecule has 0 fully saturated rings. The van der Waals surface area contributed by atoms with Gasteiger partial charge in [-0.3, -0.25) is 14.4 Å². The summed E-state index contributed by atoms with van der Waals surface area (Å²) in [6.45, 7) is 2.05. The Kier molecular flexibility index (Phi) is 6.12. The molecule has 0 aliphatic rings. The summed E-state index contributed by atoms with van der Waals surface area (Å²) < 4.78 is 6.35. The van der Waals surface area contributed by atoms with Crippen LogP contribution in [0.15, 0.2) is 58.5 Å². The minimum atomic E-state index is -0.989. The predicted molar refractivity (Wildman–Crippen MR) is 122 cm³/mol. The summed E-state index contributed by atoms with van der Waals surface area (Å²) >= 11 is 0. The van der Waals surface area contributed by atoms with Crippen molar-refractivity contribution in [2.24, 2.45) is 0 Å². The lowest BCUT2D eigenvalue weighted by atomic mass is 9.88. The molecule has 0 aliphatic heterocycles. The SMILES string of the molecule is COC(=O)C[C@@H](c1cc2ccccc2[nH]c1=O)c1c(O)cc(C)n(CCc2cnc[nH]2)c1=O. The fourth-order valence-corrected chi connectivity index (χ4v) is 4.07. The van der Waals surface area contributed by atoms with E-state index in [9.17, 15) is 19.5 Å². The Bertz CT molecular complexity index is 1420. The maximum atomic E-state index is 13.5. The first-order valence-corrected chi connectivity index (χ1v) is 10.5. The van der Waals surface area contributed by atoms with Gasteiger partial charge in [-0.2, -0.15) is 0 Å². The Hall–Kier alpha value is -4.14. The van der Waals surface area contributed by atoms with Crippen molar-refractivity contribution in [3.8, 4) is 5.75 Å². The van der Waals surface area contributed by atoms with E-state index in [1.165, 1.54) is 17.7 Å². The van der Waals surface area contributed by atoms with Crippen LogP contribution in [0.1, 0.15) is 34.9 Å². The molecule has 0 aliphatic carbocycles. The minimum absolute atomic E-state index is 0.0172. The summed E-state index contributed by atoms with van der Waals surface area (Å²) in [5.41, 5.74) is 1.33. The van der Waals surface area contributed by atoms with Crippen molar-refractivity contribution < 1.29 is 14.6 Å². The van der Waals surface area contributed by atoms with Crippen molar-refractivity contribution in [2.75, 3.05) is 7.11 Å². The molecule has 0 unspecified atom stereocenters. The van der Waals surface area contributed by atoms with Crippen molar-refractivity contribution >= 4 is 16.9 Å². The van der Waals surface area contributed by atoms with Gasteiger partial charge in [-0.25, -0.2) is 4.98 Å². The maximum absolute atomic E-state index is 13.5. The molecular formula is C24H24N4O5. The van der Waals surface area contributed by atoms with Crippen molar-refractivity contribution in [3.63, 3.8) is 0 Å². The number of aromatic hydroxyl groups is 1. The molecule has 0 radical (unpaired) electrons. The highest BCUT2D eigenvalue weighted by atomic mass is 16.5. The molecule has 1 aromatic carbocycles. The molecule has 170 valence electrons. The number of pyridine rings is 2. The summed E-state index contributed by atoms with van der Waals surface area (Å²) in [4.78, 5) is 48.5. The van der Waals surface area contributed by atoms with Gasteiger partial charge < -0.3 is 24.4 Å². The van der Waals surface area contributed by atoms with Gasteiger partial charge in [-0.1, -0.05) is 18.2 Å². The number of ether oxygens (including phenoxy) is 1. The molecule has 3 aromatic heterocycles. The molecule has 0 saturated carbocycles. The van der Waals surface area contributed by atoms with Gasteiger partial charge in [0, 0.05) is 47.5 Å². The summed E-state index contributed by atoms with van der Waals surface area (Å²) in [5, 5.41) is 11.5. The highest BCUT2D eigenvalue weighted by Crippen LogP contribution is 2.32. The van der Waals surface area contributed by atoms with Gasteiger partial charge in [-0.15, -0.1) is 0 Å². The first kappa shape index (κ1) is 22.1. The summed E-state index contributed by atoms with van der Waals surface area (Å²) in [7, 11) is 1.24. The normalized spacial score (nSPS) is 12.1. The van der Waals surface area contributed by atoms with Crippen molar-refractivity contribution in [1.29, 1.82) is 0 Å². The zero-order chi connectivity index (χ0) is 23.5. The van der Waals surface area contributed by atoms with Crippen LogP contribution in [-0.2, 0) is 22.5 Å². The van der Waals surface area contributed by atoms with Gasteiger partial charge in [0.25, 0.3) is 11.1 Å². The number of carbonyl (C=O) groups excluding carboxylic acids is 1. The second-order valence-electron chi connectivity index (χ2n) is 7.84. The van der Waals surface area contributed by atoms with Crippen LogP contribution in [0.25, 0.3) is 10.9 Å². The summed E-state index contributed by atoms with van der Waals surface area (Å²) in [5.74, 6) is -1.86. The fraction of sp³-hybridized carbons (Fsp3) is 0.250. The number of carbonyl (C=O) groups is 1. The monoisotopic (exact) mass is 448 g/mol. The number of nitrogens with zero attached hydrogens (tertiary/aromatic N) is 2. The Morgan fingerprint density at radius 1 is 1.24 bits per heavy atom. The largest absolute Gasteiger partial charge is 0.507 e. The van der Waals surface area contributed by atoms with Crippen LogP contribution in [-0.4, -0.2) is 37.7 Å². The van der Waals surface area contributed by atoms with Crippen LogP contribution in [0.4, 0.5) is 0 Å². The predicted octanol–water partition coefficient (Wildman–Crippen LogP) is 2.36. The number of rotatable bonds is 7. The van der Waals surface area contributed by atoms with E-state index in [1.807, 2.05) is 12.1 Å². The lowest BCUT2D eigenvalue weighted by Crippen LogP contribution is -2.31. The number of methoxy groups -OCH3 is 1. The van der Waals surface area contributed by atoms with Crippen LogP contribution in [0.2, 0.25) is 0 Å². The number of esters is 1. The number of aromatic amines is 2. The van der Waals surface area contributed by atoms with Crippen LogP contribution >= 0.6 is 0 Å². The third kappa shape index (κ3) is 4.43. The highest BCUT2D eigenvalue weighted by molar-refractivity contribution is 5.79. The molecule has 1 atom stereocenters. The van der Waals surface area contributed by atoms with E-state index in [1.54, 1.807) is 37.6 Å². The van der Waals surface area contributed by atoms with E-state index in [-0.39, 0.29) is 23.3 Å². The third-order valence-corrected chi connectivity index (χ3v) is 5.79. The van der Waals surface area contributed by atoms with E-state index < -0.39 is 23.0 Å². The molecule has 3 heterocycles. The number of fused-ring (bicyclic) bond motifs is 1. The molecule has 4 aromatic rings. The lowest BCUT2D eigenvalue weighted by molar-refractivity contribution is -0.140. The third-order valence-electron chi connectivity index (χ3n) is 5.79. The van der Waals surface area contributed by atoms with Gasteiger partial charge in [0.1, 0.15) is 5.75 Å². The number of aromatic nitrogens is 4. The number of aryl methyl sites for hydroxylation is 2. The van der Waals surface area contributed by atoms with Gasteiger partial charge in [0.15, 0.2) is 0 Å². The average molecular weight is 448 g/mol. The standard InChI is InChI=1S/C24H24N4O5/c1-14-9-20(29)22(24(32)28(14)8-7-16-12-25-13-26-16)17(11-21(30)33-2)18-10-15-5-3-4-6-19(15)27-23(18)31/h3-6,9-10,12-13,17,29H,7-8,11H2,1-2H3,(H,25,26)(H,27,31)/t17-/m0/s1. The first-order valence-electron chi connectivity index (χ1n) is 10.5. The first-order chi connectivity index (χ1) is 15.9. The number of imidazole rings is 1. The second-order valence-corrected chi connectivity index (χ2v) is 7.84. The zero-order valence-electron chi connectivity index (χ0n) is 18.3. The molecule has 3 N–H and O–H groups in total. The highest BCUT2D eigenvalue weighted by Gasteiger charge is 2.28. The van der Waals surface area contributed by atoms with Crippen LogP contribution in [0.3, 0.4) is 0 Å². The Balaban J connectivity index is 1.86.